The van der Waals surface area contributed by atoms with Crippen molar-refractivity contribution in [3.05, 3.63) is 71.1 Å². The van der Waals surface area contributed by atoms with E-state index in [1.54, 1.807) is 14.2 Å². The molecule has 1 fully saturated rings. The maximum Gasteiger partial charge on any atom is 0.251 e. The molecule has 2 aliphatic heterocycles. The summed E-state index contributed by atoms with van der Waals surface area (Å²) < 4.78 is 10.8. The molecule has 0 spiro atoms. The second-order valence-corrected chi connectivity index (χ2v) is 7.65. The van der Waals surface area contributed by atoms with Gasteiger partial charge in [-0.3, -0.25) is 4.79 Å². The van der Waals surface area contributed by atoms with Crippen LogP contribution in [0.5, 0.6) is 11.5 Å². The summed E-state index contributed by atoms with van der Waals surface area (Å²) in [5, 5.41) is 1.92. The van der Waals surface area contributed by atoms with E-state index in [0.29, 0.717) is 24.5 Å². The first-order valence-electron chi connectivity index (χ1n) is 9.81. The van der Waals surface area contributed by atoms with Gasteiger partial charge in [-0.1, -0.05) is 29.8 Å². The Bertz CT molecular complexity index is 956. The quantitative estimate of drug-likeness (QED) is 0.843. The Hall–Kier alpha value is -2.99. The molecule has 0 saturated carbocycles. The predicted molar refractivity (Wildman–Crippen MR) is 111 cm³/mol. The summed E-state index contributed by atoms with van der Waals surface area (Å²) in [4.78, 5) is 15.0. The van der Waals surface area contributed by atoms with Gasteiger partial charge < -0.3 is 19.4 Å². The zero-order chi connectivity index (χ0) is 20.5. The first-order chi connectivity index (χ1) is 14.0. The minimum absolute atomic E-state index is 0.0362. The van der Waals surface area contributed by atoms with E-state index in [0.717, 1.165) is 5.56 Å². The summed E-state index contributed by atoms with van der Waals surface area (Å²) in [5.74, 6) is 1.50. The van der Waals surface area contributed by atoms with Crippen molar-refractivity contribution in [2.24, 2.45) is 0 Å². The van der Waals surface area contributed by atoms with E-state index in [1.165, 1.54) is 16.7 Å². The number of ether oxygens (including phenoxy) is 2. The zero-order valence-electron chi connectivity index (χ0n) is 17.3. The van der Waals surface area contributed by atoms with Crippen molar-refractivity contribution >= 4 is 5.91 Å². The minimum Gasteiger partial charge on any atom is -0.493 e. The van der Waals surface area contributed by atoms with Gasteiger partial charge >= 0.3 is 0 Å². The molecule has 2 aromatic rings. The van der Waals surface area contributed by atoms with Crippen molar-refractivity contribution in [2.75, 3.05) is 14.2 Å². The van der Waals surface area contributed by atoms with Gasteiger partial charge in [0, 0.05) is 12.4 Å². The number of nitrogens with one attached hydrogen (secondary N) is 1. The van der Waals surface area contributed by atoms with Gasteiger partial charge in [-0.15, -0.1) is 0 Å². The van der Waals surface area contributed by atoms with Crippen LogP contribution in [0.15, 0.2) is 48.8 Å². The van der Waals surface area contributed by atoms with E-state index in [-0.39, 0.29) is 18.0 Å². The Kier molecular flexibility index (Phi) is 5.20. The zero-order valence-corrected chi connectivity index (χ0v) is 17.3. The summed E-state index contributed by atoms with van der Waals surface area (Å²) >= 11 is 0. The number of carbonyl (C=O) groups excluding carboxylic acids is 1. The first kappa shape index (κ1) is 19.3. The smallest absolute Gasteiger partial charge is 0.251 e. The van der Waals surface area contributed by atoms with Crippen LogP contribution in [0.4, 0.5) is 0 Å². The first-order valence-corrected chi connectivity index (χ1v) is 9.81. The number of nitrogens with zero attached hydrogens (tertiary/aromatic N) is 2. The van der Waals surface area contributed by atoms with Crippen LogP contribution in [-0.2, 0) is 11.3 Å². The van der Waals surface area contributed by atoms with Crippen molar-refractivity contribution in [2.45, 2.75) is 38.9 Å². The fourth-order valence-corrected chi connectivity index (χ4v) is 4.01. The molecule has 0 bridgehead atoms. The number of methoxy groups -OCH3 is 2. The third-order valence-corrected chi connectivity index (χ3v) is 5.73. The van der Waals surface area contributed by atoms with Crippen molar-refractivity contribution in [1.82, 2.24) is 15.3 Å². The van der Waals surface area contributed by atoms with Crippen LogP contribution < -0.4 is 14.9 Å². The molecule has 2 unspecified atom stereocenters. The van der Waals surface area contributed by atoms with Crippen LogP contribution in [0.25, 0.3) is 0 Å². The van der Waals surface area contributed by atoms with E-state index < -0.39 is 0 Å². The topological polar surface area (TPSA) is 54.0 Å². The number of hydrogen-bond donors (Lipinski definition) is 1. The molecular formula is C23H27N3O3. The molecule has 1 amide bonds. The molecule has 2 atom stereocenters. The Labute approximate surface area is 171 Å². The van der Waals surface area contributed by atoms with E-state index in [1.807, 2.05) is 40.5 Å². The maximum absolute atomic E-state index is 13.2. The highest BCUT2D eigenvalue weighted by atomic mass is 16.5. The highest BCUT2D eigenvalue weighted by Crippen LogP contribution is 2.35. The van der Waals surface area contributed by atoms with E-state index in [9.17, 15) is 4.79 Å². The van der Waals surface area contributed by atoms with Gasteiger partial charge in [0.1, 0.15) is 6.04 Å². The normalized spacial score (nSPS) is 20.8. The number of fused-ring (bicyclic) bond motifs is 1. The van der Waals surface area contributed by atoms with Gasteiger partial charge in [0.05, 0.1) is 26.8 Å². The lowest BCUT2D eigenvalue weighted by atomic mass is 10.00. The van der Waals surface area contributed by atoms with E-state index in [4.69, 9.17) is 9.47 Å². The number of carbonyl (C=O) groups is 1. The number of rotatable bonds is 5. The van der Waals surface area contributed by atoms with E-state index >= 15 is 0 Å². The summed E-state index contributed by atoms with van der Waals surface area (Å²) in [6.45, 7) is 4.75. The summed E-state index contributed by atoms with van der Waals surface area (Å²) in [7, 11) is 3.25. The van der Waals surface area contributed by atoms with Crippen molar-refractivity contribution in [3.8, 4) is 11.5 Å². The SMILES string of the molecule is COc1ccc(C2CC3C(=O)N(Cc4cc(C)ccc4C)C=CN3N2)cc1OC. The van der Waals surface area contributed by atoms with Crippen molar-refractivity contribution in [1.29, 1.82) is 0 Å². The second kappa shape index (κ2) is 7.79. The van der Waals surface area contributed by atoms with Gasteiger partial charge in [-0.2, -0.15) is 0 Å². The highest BCUT2D eigenvalue weighted by Gasteiger charge is 2.40. The van der Waals surface area contributed by atoms with Crippen LogP contribution in [0.2, 0.25) is 0 Å². The third kappa shape index (κ3) is 3.68. The Balaban J connectivity index is 1.51. The number of amides is 1. The molecule has 1 N–H and O–H groups in total. The van der Waals surface area contributed by atoms with Gasteiger partial charge in [0.25, 0.3) is 5.91 Å². The average Bonchev–Trinajstić information content (AvgIpc) is 3.17. The third-order valence-electron chi connectivity index (χ3n) is 5.73. The molecule has 2 heterocycles. The predicted octanol–water partition coefficient (Wildman–Crippen LogP) is 3.45. The molecular weight excluding hydrogens is 366 g/mol. The molecule has 4 rings (SSSR count). The summed E-state index contributed by atoms with van der Waals surface area (Å²) in [5.41, 5.74) is 8.09. The fourth-order valence-electron chi connectivity index (χ4n) is 4.01. The second-order valence-electron chi connectivity index (χ2n) is 7.65. The van der Waals surface area contributed by atoms with Crippen LogP contribution in [-0.4, -0.2) is 36.1 Å². The Morgan fingerprint density at radius 3 is 2.59 bits per heavy atom. The van der Waals surface area contributed by atoms with E-state index in [2.05, 4.69) is 37.5 Å². The number of hydrogen-bond acceptors (Lipinski definition) is 5. The maximum atomic E-state index is 13.2. The average molecular weight is 393 g/mol. The monoisotopic (exact) mass is 393 g/mol. The van der Waals surface area contributed by atoms with Gasteiger partial charge in [0.2, 0.25) is 0 Å². The summed E-state index contributed by atoms with van der Waals surface area (Å²) in [6.07, 6.45) is 4.52. The van der Waals surface area contributed by atoms with Crippen LogP contribution in [0.3, 0.4) is 0 Å². The molecule has 2 aromatic carbocycles. The molecule has 0 radical (unpaired) electrons. The molecule has 0 aliphatic carbocycles. The Morgan fingerprint density at radius 2 is 1.83 bits per heavy atom. The molecule has 2 aliphatic rings. The van der Waals surface area contributed by atoms with Crippen molar-refractivity contribution in [3.63, 3.8) is 0 Å². The highest BCUT2D eigenvalue weighted by molar-refractivity contribution is 5.84. The lowest BCUT2D eigenvalue weighted by molar-refractivity contribution is -0.134. The standard InChI is InChI=1S/C23H27N3O3/c1-15-5-6-16(2)18(11-15)14-25-9-10-26-20(23(25)27)13-19(24-26)17-7-8-21(28-3)22(12-17)29-4/h5-12,19-20,24H,13-14H2,1-4H3. The van der Waals surface area contributed by atoms with Gasteiger partial charge in [-0.25, -0.2) is 5.43 Å². The van der Waals surface area contributed by atoms with Gasteiger partial charge in [-0.05, 0) is 49.1 Å². The van der Waals surface area contributed by atoms with Gasteiger partial charge in [0.15, 0.2) is 11.5 Å². The number of benzene rings is 2. The number of hydrazine groups is 1. The molecule has 0 aromatic heterocycles. The lowest BCUT2D eigenvalue weighted by Gasteiger charge is -2.32. The lowest BCUT2D eigenvalue weighted by Crippen LogP contribution is -2.47. The number of aryl methyl sites for hydroxylation is 2. The molecule has 1 saturated heterocycles. The molecule has 6 heteroatoms. The molecule has 152 valence electrons. The van der Waals surface area contributed by atoms with Crippen LogP contribution in [0, 0.1) is 13.8 Å². The van der Waals surface area contributed by atoms with Crippen LogP contribution >= 0.6 is 0 Å². The minimum atomic E-state index is -0.219. The Morgan fingerprint density at radius 1 is 1.03 bits per heavy atom. The van der Waals surface area contributed by atoms with Crippen LogP contribution in [0.1, 0.15) is 34.7 Å². The summed E-state index contributed by atoms with van der Waals surface area (Å²) in [6, 6.07) is 12.1. The fraction of sp³-hybridized carbons (Fsp3) is 0.348. The van der Waals surface area contributed by atoms with Crippen molar-refractivity contribution < 1.29 is 14.3 Å². The largest absolute Gasteiger partial charge is 0.493 e. The molecule has 29 heavy (non-hydrogen) atoms. The molecule has 6 nitrogen and oxygen atoms in total.